The second-order valence-corrected chi connectivity index (χ2v) is 7.08. The van der Waals surface area contributed by atoms with E-state index in [0.29, 0.717) is 16.3 Å². The predicted molar refractivity (Wildman–Crippen MR) is 116 cm³/mol. The molecule has 0 bridgehead atoms. The number of amides is 1. The summed E-state index contributed by atoms with van der Waals surface area (Å²) in [6, 6.07) is 20.7. The largest absolute Gasteiger partial charge is 0.465 e. The van der Waals surface area contributed by atoms with Gasteiger partial charge in [0.15, 0.2) is 0 Å². The van der Waals surface area contributed by atoms with Gasteiger partial charge in [0, 0.05) is 16.1 Å². The Hall–Kier alpha value is -3.37. The van der Waals surface area contributed by atoms with E-state index in [1.807, 2.05) is 54.6 Å². The molecule has 4 rings (SSSR count). The first-order valence-electron chi connectivity index (χ1n) is 9.11. The number of hydrogen-bond donors (Lipinski definition) is 0. The van der Waals surface area contributed by atoms with Crippen LogP contribution in [-0.4, -0.2) is 19.0 Å². The highest BCUT2D eigenvalue weighted by atomic mass is 35.5. The molecule has 0 unspecified atom stereocenters. The number of benzene rings is 3. The molecule has 0 atom stereocenters. The van der Waals surface area contributed by atoms with Crippen molar-refractivity contribution in [2.24, 2.45) is 0 Å². The lowest BCUT2D eigenvalue weighted by molar-refractivity contribution is -0.136. The number of ether oxygens (including phenoxy) is 1. The van der Waals surface area contributed by atoms with Gasteiger partial charge in [0.25, 0.3) is 5.91 Å². The third kappa shape index (κ3) is 3.22. The molecule has 144 valence electrons. The molecule has 1 aliphatic rings. The fourth-order valence-electron chi connectivity index (χ4n) is 3.62. The Kier molecular flexibility index (Phi) is 4.95. The third-order valence-corrected chi connectivity index (χ3v) is 5.35. The van der Waals surface area contributed by atoms with Gasteiger partial charge in [-0.15, -0.1) is 0 Å². The number of nitrogens with zero attached hydrogens (tertiary/aromatic N) is 1. The lowest BCUT2D eigenvalue weighted by Crippen LogP contribution is -2.24. The Morgan fingerprint density at radius 1 is 1.00 bits per heavy atom. The number of carbonyl (C=O) groups excluding carboxylic acids is 2. The summed E-state index contributed by atoms with van der Waals surface area (Å²) < 4.78 is 4.97. The zero-order valence-electron chi connectivity index (χ0n) is 16.0. The van der Waals surface area contributed by atoms with E-state index in [4.69, 9.17) is 16.3 Å². The van der Waals surface area contributed by atoms with Gasteiger partial charge in [-0.05, 0) is 36.1 Å². The summed E-state index contributed by atoms with van der Waals surface area (Å²) >= 11 is 6.28. The minimum absolute atomic E-state index is 0.241. The van der Waals surface area contributed by atoms with Crippen molar-refractivity contribution in [3.05, 3.63) is 94.2 Å². The van der Waals surface area contributed by atoms with Crippen molar-refractivity contribution in [3.8, 4) is 0 Å². The number of halogens is 1. The second-order valence-electron chi connectivity index (χ2n) is 6.67. The molecule has 0 fully saturated rings. The smallest absolute Gasteiger partial charge is 0.340 e. The third-order valence-electron chi connectivity index (χ3n) is 5.00. The number of methoxy groups -OCH3 is 1. The monoisotopic (exact) mass is 403 g/mol. The Balaban J connectivity index is 1.93. The number of rotatable bonds is 3. The highest BCUT2D eigenvalue weighted by Gasteiger charge is 2.38. The van der Waals surface area contributed by atoms with Crippen molar-refractivity contribution in [2.45, 2.75) is 6.92 Å². The van der Waals surface area contributed by atoms with Crippen LogP contribution in [0.3, 0.4) is 0 Å². The average Bonchev–Trinajstić information content (AvgIpc) is 2.98. The predicted octanol–water partition coefficient (Wildman–Crippen LogP) is 5.37. The van der Waals surface area contributed by atoms with Crippen LogP contribution in [0.15, 0.2) is 83.6 Å². The standard InChI is InChI=1S/C24H18ClNO3/c1-15-22(24(28)29-2)19(14-17-9-4-6-12-20(17)25)23(27)26(15)21-13-7-10-16-8-3-5-11-18(16)21/h3-14H,1-2H3/b19-14-. The number of allylic oxidation sites excluding steroid dienone is 1. The van der Waals surface area contributed by atoms with Crippen LogP contribution in [0.5, 0.6) is 0 Å². The van der Waals surface area contributed by atoms with Crippen LogP contribution in [0.2, 0.25) is 5.02 Å². The van der Waals surface area contributed by atoms with Gasteiger partial charge in [-0.3, -0.25) is 9.69 Å². The van der Waals surface area contributed by atoms with Gasteiger partial charge in [0.05, 0.1) is 23.9 Å². The molecule has 3 aromatic rings. The van der Waals surface area contributed by atoms with Gasteiger partial charge in [-0.25, -0.2) is 4.79 Å². The van der Waals surface area contributed by atoms with Gasteiger partial charge in [-0.1, -0.05) is 66.2 Å². The lowest BCUT2D eigenvalue weighted by Gasteiger charge is -2.20. The van der Waals surface area contributed by atoms with Crippen LogP contribution in [0.25, 0.3) is 16.8 Å². The molecule has 0 saturated heterocycles. The Morgan fingerprint density at radius 2 is 1.69 bits per heavy atom. The number of fused-ring (bicyclic) bond motifs is 1. The molecule has 3 aromatic carbocycles. The number of hydrogen-bond acceptors (Lipinski definition) is 3. The molecule has 0 spiro atoms. The molecule has 1 amide bonds. The normalized spacial score (nSPS) is 15.5. The van der Waals surface area contributed by atoms with Crippen LogP contribution >= 0.6 is 11.6 Å². The molecule has 0 saturated carbocycles. The van der Waals surface area contributed by atoms with E-state index in [-0.39, 0.29) is 17.1 Å². The Labute approximate surface area is 173 Å². The topological polar surface area (TPSA) is 46.6 Å². The average molecular weight is 404 g/mol. The maximum Gasteiger partial charge on any atom is 0.340 e. The number of anilines is 1. The summed E-state index contributed by atoms with van der Waals surface area (Å²) in [6.07, 6.45) is 1.64. The molecule has 4 nitrogen and oxygen atoms in total. The van der Waals surface area contributed by atoms with Gasteiger partial charge < -0.3 is 4.74 Å². The van der Waals surface area contributed by atoms with Crippen molar-refractivity contribution in [1.29, 1.82) is 0 Å². The summed E-state index contributed by atoms with van der Waals surface area (Å²) in [6.45, 7) is 1.75. The van der Waals surface area contributed by atoms with Crippen LogP contribution < -0.4 is 4.90 Å². The van der Waals surface area contributed by atoms with E-state index >= 15 is 0 Å². The van der Waals surface area contributed by atoms with Crippen molar-refractivity contribution >= 4 is 46.0 Å². The van der Waals surface area contributed by atoms with Gasteiger partial charge in [0.1, 0.15) is 0 Å². The Morgan fingerprint density at radius 3 is 2.45 bits per heavy atom. The lowest BCUT2D eigenvalue weighted by atomic mass is 10.0. The van der Waals surface area contributed by atoms with E-state index in [0.717, 1.165) is 16.5 Å². The molecule has 0 aromatic heterocycles. The fraction of sp³-hybridized carbons (Fsp3) is 0.0833. The quantitative estimate of drug-likeness (QED) is 0.436. The molecule has 0 radical (unpaired) electrons. The molecular formula is C24H18ClNO3. The Bertz CT molecular complexity index is 1200. The maximum atomic E-state index is 13.5. The SMILES string of the molecule is COC(=O)C1=C(C)N(c2cccc3ccccc23)C(=O)/C1=C\c1ccccc1Cl. The van der Waals surface area contributed by atoms with Crippen molar-refractivity contribution in [1.82, 2.24) is 0 Å². The van der Waals surface area contributed by atoms with Gasteiger partial charge >= 0.3 is 5.97 Å². The highest BCUT2D eigenvalue weighted by molar-refractivity contribution is 6.32. The van der Waals surface area contributed by atoms with E-state index in [1.165, 1.54) is 7.11 Å². The zero-order chi connectivity index (χ0) is 20.5. The summed E-state index contributed by atoms with van der Waals surface area (Å²) in [5.74, 6) is -0.851. The van der Waals surface area contributed by atoms with E-state index < -0.39 is 5.97 Å². The molecule has 1 heterocycles. The molecule has 1 aliphatic heterocycles. The molecule has 5 heteroatoms. The van der Waals surface area contributed by atoms with Crippen molar-refractivity contribution in [2.75, 3.05) is 12.0 Å². The van der Waals surface area contributed by atoms with Crippen molar-refractivity contribution < 1.29 is 14.3 Å². The summed E-state index contributed by atoms with van der Waals surface area (Å²) in [4.78, 5) is 27.6. The summed E-state index contributed by atoms with van der Waals surface area (Å²) in [5.41, 5.74) is 2.40. The number of esters is 1. The molecule has 0 aliphatic carbocycles. The number of carbonyl (C=O) groups is 2. The first-order chi connectivity index (χ1) is 14.0. The maximum absolute atomic E-state index is 13.5. The van der Waals surface area contributed by atoms with Crippen LogP contribution in [-0.2, 0) is 14.3 Å². The molecular weight excluding hydrogens is 386 g/mol. The van der Waals surface area contributed by atoms with Crippen molar-refractivity contribution in [3.63, 3.8) is 0 Å². The molecule has 29 heavy (non-hydrogen) atoms. The van der Waals surface area contributed by atoms with Crippen LogP contribution in [0.1, 0.15) is 12.5 Å². The fourth-order valence-corrected chi connectivity index (χ4v) is 3.81. The second kappa shape index (κ2) is 7.57. The first-order valence-corrected chi connectivity index (χ1v) is 9.48. The minimum Gasteiger partial charge on any atom is -0.465 e. The highest BCUT2D eigenvalue weighted by Crippen LogP contribution is 2.39. The van der Waals surface area contributed by atoms with Crippen LogP contribution in [0, 0.1) is 0 Å². The van der Waals surface area contributed by atoms with Crippen LogP contribution in [0.4, 0.5) is 5.69 Å². The minimum atomic E-state index is -0.558. The van der Waals surface area contributed by atoms with E-state index in [2.05, 4.69) is 0 Å². The van der Waals surface area contributed by atoms with Gasteiger partial charge in [-0.2, -0.15) is 0 Å². The van der Waals surface area contributed by atoms with E-state index in [1.54, 1.807) is 30.0 Å². The zero-order valence-corrected chi connectivity index (χ0v) is 16.7. The molecule has 0 N–H and O–H groups in total. The summed E-state index contributed by atoms with van der Waals surface area (Å²) in [7, 11) is 1.31. The summed E-state index contributed by atoms with van der Waals surface area (Å²) in [5, 5.41) is 2.43. The van der Waals surface area contributed by atoms with Gasteiger partial charge in [0.2, 0.25) is 0 Å². The van der Waals surface area contributed by atoms with E-state index in [9.17, 15) is 9.59 Å². The first kappa shape index (κ1) is 19.0.